The van der Waals surface area contributed by atoms with Crippen molar-refractivity contribution in [3.8, 4) is 11.3 Å². The van der Waals surface area contributed by atoms with Crippen LogP contribution in [0.25, 0.3) is 38.9 Å². The van der Waals surface area contributed by atoms with Crippen molar-refractivity contribution < 1.29 is 9.53 Å². The lowest BCUT2D eigenvalue weighted by molar-refractivity contribution is 0.0254. The number of H-pyrrole nitrogens is 2. The molecule has 2 aromatic carbocycles. The molecule has 0 bridgehead atoms. The number of amides is 2. The van der Waals surface area contributed by atoms with Gasteiger partial charge < -0.3 is 35.2 Å². The van der Waals surface area contributed by atoms with Crippen molar-refractivity contribution >= 4 is 33.7 Å². The molecule has 10 nitrogen and oxygen atoms in total. The fourth-order valence-electron chi connectivity index (χ4n) is 10.6. The van der Waals surface area contributed by atoms with Gasteiger partial charge in [0.25, 0.3) is 0 Å². The number of aromatic amines is 2. The van der Waals surface area contributed by atoms with Crippen LogP contribution in [0.5, 0.6) is 0 Å². The van der Waals surface area contributed by atoms with E-state index in [1.54, 1.807) is 4.90 Å². The summed E-state index contributed by atoms with van der Waals surface area (Å²) in [6.07, 6.45) is 23.4. The number of urea groups is 1. The number of carbonyl (C=O) groups excluding carboxylic acids is 1. The van der Waals surface area contributed by atoms with Gasteiger partial charge in [-0.25, -0.2) is 14.8 Å². The number of fused-ring (bicyclic) bond motifs is 4. The fourth-order valence-corrected chi connectivity index (χ4v) is 10.6. The molecule has 5 unspecified atom stereocenters. The number of hydrogen-bond acceptors (Lipinski definition) is 5. The molecule has 0 spiro atoms. The van der Waals surface area contributed by atoms with Crippen LogP contribution in [0.15, 0.2) is 97.1 Å². The molecule has 2 amide bonds. The number of aromatic nitrogens is 5. The van der Waals surface area contributed by atoms with Crippen molar-refractivity contribution in [3.05, 3.63) is 126 Å². The monoisotopic (exact) mass is 802 g/mol. The molecule has 60 heavy (non-hydrogen) atoms. The van der Waals surface area contributed by atoms with Crippen molar-refractivity contribution in [2.45, 2.75) is 109 Å². The first-order valence-corrected chi connectivity index (χ1v) is 22.3. The molecule has 5 heterocycles. The van der Waals surface area contributed by atoms with E-state index < -0.39 is 6.03 Å². The van der Waals surface area contributed by atoms with Crippen molar-refractivity contribution in [2.75, 3.05) is 13.1 Å². The van der Waals surface area contributed by atoms with Gasteiger partial charge in [-0.3, -0.25) is 0 Å². The number of nitrogens with zero attached hydrogens (tertiary/aromatic N) is 4. The lowest BCUT2D eigenvalue weighted by Gasteiger charge is -2.37. The number of nitrogens with one attached hydrogen (secondary N) is 3. The highest BCUT2D eigenvalue weighted by Crippen LogP contribution is 2.48. The van der Waals surface area contributed by atoms with Gasteiger partial charge in [0, 0.05) is 40.4 Å². The maximum Gasteiger partial charge on any atom is 0.315 e. The van der Waals surface area contributed by atoms with E-state index in [2.05, 4.69) is 120 Å². The lowest BCUT2D eigenvalue weighted by atomic mass is 9.88. The zero-order valence-electron chi connectivity index (χ0n) is 35.2. The van der Waals surface area contributed by atoms with Gasteiger partial charge in [-0.2, -0.15) is 0 Å². The molecule has 2 aliphatic heterocycles. The Labute approximate surface area is 353 Å². The van der Waals surface area contributed by atoms with Crippen LogP contribution in [-0.4, -0.2) is 54.1 Å². The number of primary amides is 1. The van der Waals surface area contributed by atoms with Crippen LogP contribution in [0.4, 0.5) is 4.79 Å². The highest BCUT2D eigenvalue weighted by atomic mass is 16.5. The Hall–Kier alpha value is -5.61. The normalized spacial score (nSPS) is 24.1. The van der Waals surface area contributed by atoms with E-state index in [1.807, 2.05) is 12.4 Å². The van der Waals surface area contributed by atoms with Crippen LogP contribution in [0, 0.1) is 11.8 Å². The third-order valence-electron chi connectivity index (χ3n) is 13.6. The summed E-state index contributed by atoms with van der Waals surface area (Å²) < 4.78 is 9.68. The van der Waals surface area contributed by atoms with Crippen molar-refractivity contribution in [3.63, 3.8) is 0 Å². The van der Waals surface area contributed by atoms with Gasteiger partial charge in [-0.05, 0) is 132 Å². The second-order valence-corrected chi connectivity index (χ2v) is 18.7. The van der Waals surface area contributed by atoms with E-state index in [1.165, 1.54) is 65.4 Å². The molecule has 3 aliphatic carbocycles. The molecule has 310 valence electrons. The molecule has 1 saturated carbocycles. The smallest absolute Gasteiger partial charge is 0.315 e. The predicted molar refractivity (Wildman–Crippen MR) is 239 cm³/mol. The van der Waals surface area contributed by atoms with E-state index in [-0.39, 0.29) is 23.7 Å². The van der Waals surface area contributed by atoms with E-state index in [0.717, 1.165) is 78.6 Å². The summed E-state index contributed by atoms with van der Waals surface area (Å²) in [6.45, 7) is 8.45. The van der Waals surface area contributed by atoms with Gasteiger partial charge in [0.1, 0.15) is 17.4 Å². The largest absolute Gasteiger partial charge is 0.469 e. The maximum atomic E-state index is 12.1. The molecule has 5 aromatic rings. The molecule has 5 aliphatic rings. The molecule has 1 saturated heterocycles. The van der Waals surface area contributed by atoms with Crippen molar-refractivity contribution in [2.24, 2.45) is 17.6 Å². The Bertz CT molecular complexity index is 2530. The number of benzene rings is 2. The van der Waals surface area contributed by atoms with Gasteiger partial charge in [0.2, 0.25) is 0 Å². The quantitative estimate of drug-likeness (QED) is 0.104. The number of allylic oxidation sites excluding steroid dienone is 6. The minimum atomic E-state index is -0.393. The number of carbonyl (C=O) groups is 1. The summed E-state index contributed by atoms with van der Waals surface area (Å²) in [5.74, 6) is 4.15. The number of rotatable bonds is 10. The molecule has 5 N–H and O–H groups in total. The van der Waals surface area contributed by atoms with E-state index in [9.17, 15) is 4.79 Å². The van der Waals surface area contributed by atoms with E-state index in [4.69, 9.17) is 20.4 Å². The Morgan fingerprint density at radius 2 is 1.78 bits per heavy atom. The zero-order chi connectivity index (χ0) is 41.0. The zero-order valence-corrected chi connectivity index (χ0v) is 35.2. The Morgan fingerprint density at radius 1 is 0.950 bits per heavy atom. The summed E-state index contributed by atoms with van der Waals surface area (Å²) >= 11 is 0. The van der Waals surface area contributed by atoms with Crippen LogP contribution in [0.1, 0.15) is 132 Å². The second kappa shape index (κ2) is 15.8. The summed E-state index contributed by atoms with van der Waals surface area (Å²) in [4.78, 5) is 31.0. The minimum Gasteiger partial charge on any atom is -0.469 e. The van der Waals surface area contributed by atoms with Gasteiger partial charge in [-0.15, -0.1) is 0 Å². The molecule has 2 fully saturated rings. The number of nitrogens with two attached hydrogens (primary N) is 1. The Balaban J connectivity index is 0.973. The predicted octanol–water partition coefficient (Wildman–Crippen LogP) is 10.8. The molecular weight excluding hydrogens is 745 g/mol. The third-order valence-corrected chi connectivity index (χ3v) is 13.6. The number of ether oxygens (including phenoxy) is 1. The van der Waals surface area contributed by atoms with Crippen LogP contribution in [-0.2, 0) is 4.74 Å². The lowest BCUT2D eigenvalue weighted by Crippen LogP contribution is -2.36. The van der Waals surface area contributed by atoms with Gasteiger partial charge in [0.15, 0.2) is 6.23 Å². The molecule has 3 aromatic heterocycles. The second-order valence-electron chi connectivity index (χ2n) is 18.7. The molecule has 10 rings (SSSR count). The van der Waals surface area contributed by atoms with Crippen LogP contribution in [0.2, 0.25) is 0 Å². The molecule has 10 heteroatoms. The van der Waals surface area contributed by atoms with E-state index >= 15 is 0 Å². The average molecular weight is 803 g/mol. The third kappa shape index (κ3) is 7.44. The average Bonchev–Trinajstić information content (AvgIpc) is 4.11. The Morgan fingerprint density at radius 3 is 2.63 bits per heavy atom. The highest BCUT2D eigenvalue weighted by molar-refractivity contribution is 5.91. The fraction of sp³-hybridized carbons (Fsp3) is 0.420. The number of hydrogen-bond donors (Lipinski definition) is 4. The van der Waals surface area contributed by atoms with Crippen LogP contribution < -0.4 is 11.1 Å². The van der Waals surface area contributed by atoms with Gasteiger partial charge in [0.05, 0.1) is 41.0 Å². The van der Waals surface area contributed by atoms with Crippen molar-refractivity contribution in [1.82, 2.24) is 34.7 Å². The summed E-state index contributed by atoms with van der Waals surface area (Å²) in [7, 11) is 0. The summed E-state index contributed by atoms with van der Waals surface area (Å²) in [5.41, 5.74) is 16.3. The SMILES string of the molecule is CC(C)(C)NCCCC1CCCC1c1ncc(-c2ccc3c(c2)cc2n3C(C3C=C(c4ccccc4)C=CC3)OC3=C2CCC(c2cnc(C4CCCN4C(N)=O)[nH]2)=C3)[nH]1. The minimum absolute atomic E-state index is 0.116. The first-order valence-electron chi connectivity index (χ1n) is 22.3. The number of imidazole rings is 2. The molecule has 0 radical (unpaired) electrons. The van der Waals surface area contributed by atoms with Crippen molar-refractivity contribution in [1.29, 1.82) is 0 Å². The topological polar surface area (TPSA) is 130 Å². The van der Waals surface area contributed by atoms with Crippen LogP contribution in [0.3, 0.4) is 0 Å². The Kier molecular flexibility index (Phi) is 10.1. The van der Waals surface area contributed by atoms with Gasteiger partial charge >= 0.3 is 6.03 Å². The number of likely N-dealkylation sites (tertiary alicyclic amines) is 1. The first kappa shape index (κ1) is 38.6. The van der Waals surface area contributed by atoms with Crippen LogP contribution >= 0.6 is 0 Å². The highest BCUT2D eigenvalue weighted by Gasteiger charge is 2.37. The molecular formula is C50H58N8O2. The molecule has 5 atom stereocenters. The summed E-state index contributed by atoms with van der Waals surface area (Å²) in [5, 5.41) is 4.87. The van der Waals surface area contributed by atoms with E-state index in [0.29, 0.717) is 18.4 Å². The van der Waals surface area contributed by atoms with Gasteiger partial charge in [-0.1, -0.05) is 61.0 Å². The first-order chi connectivity index (χ1) is 29.2. The summed E-state index contributed by atoms with van der Waals surface area (Å²) in [6, 6.07) is 19.4. The standard InChI is InChI=1S/C50H58N8O2/c1-50(2,3)54-23-9-16-32-13-8-17-38(32)46-52-29-40(55-46)34-20-22-42-37(26-34)27-44-39-21-19-35(41-30-53-47(56-41)43-18-10-24-57(43)49(51)59)28-45(39)60-48(58(42)44)36-15-7-14-33(25-36)31-11-5-4-6-12-31/h4-7,11-12,14,20,22,25-30,32,36,38,43,48,54H,8-10,13,15-19,21,23-24H2,1-3H3,(H2,51,59)(H,52,55)(H,53,56). The maximum absolute atomic E-state index is 12.1.